The molecule has 0 unspecified atom stereocenters. The van der Waals surface area contributed by atoms with Crippen LogP contribution in [0.3, 0.4) is 0 Å². The summed E-state index contributed by atoms with van der Waals surface area (Å²) in [6, 6.07) is 0. The monoisotopic (exact) mass is 376 g/mol. The predicted octanol–water partition coefficient (Wildman–Crippen LogP) is 0.649. The van der Waals surface area contributed by atoms with Gasteiger partial charge >= 0.3 is 39.3 Å². The molecule has 0 aromatic carbocycles. The zero-order valence-electron chi connectivity index (χ0n) is 14.8. The van der Waals surface area contributed by atoms with Crippen LogP contribution in [0, 0.1) is 0 Å². The molecule has 0 aromatic rings. The molecule has 10 heteroatoms. The summed E-state index contributed by atoms with van der Waals surface area (Å²) in [5, 5.41) is 0. The van der Waals surface area contributed by atoms with Crippen LogP contribution in [0.15, 0.2) is 0 Å². The molecular weight excluding hydrogens is 346 g/mol. The van der Waals surface area contributed by atoms with Crippen LogP contribution in [0.2, 0.25) is 0 Å². The molecule has 127 valence electrons. The molecule has 0 aliphatic heterocycles. The SMILES string of the molecule is CCN(CC)[Si]O[Si](O[Si]N(CC)CC)O[Si]N(CC)CC. The van der Waals surface area contributed by atoms with Crippen LogP contribution in [0.4, 0.5) is 0 Å². The lowest BCUT2D eigenvalue weighted by Crippen LogP contribution is -2.44. The molecule has 0 aromatic heterocycles. The second-order valence-corrected chi connectivity index (χ2v) is 9.74. The van der Waals surface area contributed by atoms with E-state index >= 15 is 0 Å². The fourth-order valence-corrected chi connectivity index (χ4v) is 6.27. The molecule has 0 saturated heterocycles. The maximum Gasteiger partial charge on any atom is 0.546 e. The van der Waals surface area contributed by atoms with E-state index < -0.39 is 9.53 Å². The molecule has 0 aliphatic carbocycles. The minimum atomic E-state index is -1.68. The van der Waals surface area contributed by atoms with Crippen molar-refractivity contribution in [3.8, 4) is 0 Å². The van der Waals surface area contributed by atoms with Gasteiger partial charge in [-0.3, -0.25) is 0 Å². The molecule has 0 heterocycles. The fourth-order valence-electron chi connectivity index (χ4n) is 1.43. The molecule has 0 fully saturated rings. The molecule has 0 rings (SSSR count). The second kappa shape index (κ2) is 15.2. The van der Waals surface area contributed by atoms with Crippen LogP contribution < -0.4 is 0 Å². The van der Waals surface area contributed by atoms with Crippen molar-refractivity contribution in [1.82, 2.24) is 13.7 Å². The normalized spacial score (nSPS) is 12.3. The Balaban J connectivity index is 4.34. The summed E-state index contributed by atoms with van der Waals surface area (Å²) in [5.41, 5.74) is 0. The van der Waals surface area contributed by atoms with Gasteiger partial charge in [-0.15, -0.1) is 0 Å². The molecule has 0 atom stereocenters. The van der Waals surface area contributed by atoms with E-state index in [-0.39, 0.29) is 0 Å². The van der Waals surface area contributed by atoms with Crippen molar-refractivity contribution in [2.45, 2.75) is 41.5 Å². The van der Waals surface area contributed by atoms with Crippen molar-refractivity contribution in [3.63, 3.8) is 0 Å². The van der Waals surface area contributed by atoms with Gasteiger partial charge in [0.15, 0.2) is 0 Å². The van der Waals surface area contributed by atoms with Crippen molar-refractivity contribution in [2.24, 2.45) is 0 Å². The van der Waals surface area contributed by atoms with Gasteiger partial charge < -0.3 is 26.0 Å². The van der Waals surface area contributed by atoms with E-state index in [1.54, 1.807) is 0 Å². The third kappa shape index (κ3) is 10.4. The van der Waals surface area contributed by atoms with E-state index in [2.05, 4.69) is 55.2 Å². The van der Waals surface area contributed by atoms with E-state index in [0.29, 0.717) is 29.8 Å². The quantitative estimate of drug-likeness (QED) is 0.391. The molecule has 6 nitrogen and oxygen atoms in total. The predicted molar refractivity (Wildman–Crippen MR) is 95.0 cm³/mol. The molecule has 0 aliphatic rings. The lowest BCUT2D eigenvalue weighted by Gasteiger charge is -2.23. The topological polar surface area (TPSA) is 37.4 Å². The Kier molecular flexibility index (Phi) is 15.6. The average molecular weight is 377 g/mol. The van der Waals surface area contributed by atoms with Crippen molar-refractivity contribution in [1.29, 1.82) is 0 Å². The first kappa shape index (κ1) is 22.6. The number of rotatable bonds is 15. The van der Waals surface area contributed by atoms with Gasteiger partial charge in [-0.05, 0) is 39.3 Å². The molecular formula is C12H30N3O3Si4. The van der Waals surface area contributed by atoms with Crippen LogP contribution in [-0.4, -0.2) is 92.3 Å². The van der Waals surface area contributed by atoms with E-state index in [0.717, 1.165) is 39.3 Å². The van der Waals surface area contributed by atoms with E-state index in [4.69, 9.17) is 12.3 Å². The van der Waals surface area contributed by atoms with E-state index in [1.165, 1.54) is 0 Å². The molecule has 0 spiro atoms. The van der Waals surface area contributed by atoms with Gasteiger partial charge in [-0.25, -0.2) is 0 Å². The largest absolute Gasteiger partial charge is 0.546 e. The van der Waals surface area contributed by atoms with Crippen LogP contribution in [0.5, 0.6) is 0 Å². The molecule has 22 heavy (non-hydrogen) atoms. The van der Waals surface area contributed by atoms with Crippen LogP contribution in [-0.2, 0) is 12.3 Å². The Morgan fingerprint density at radius 3 is 0.955 bits per heavy atom. The highest BCUT2D eigenvalue weighted by molar-refractivity contribution is 6.57. The molecule has 0 amide bonds. The third-order valence-electron chi connectivity index (χ3n) is 3.06. The highest BCUT2D eigenvalue weighted by Gasteiger charge is 2.24. The molecule has 0 bridgehead atoms. The fraction of sp³-hybridized carbons (Fsp3) is 1.00. The maximum atomic E-state index is 5.94. The van der Waals surface area contributed by atoms with Gasteiger partial charge in [0.05, 0.1) is 0 Å². The van der Waals surface area contributed by atoms with Gasteiger partial charge in [0.25, 0.3) is 0 Å². The zero-order valence-corrected chi connectivity index (χ0v) is 18.8. The second-order valence-electron chi connectivity index (χ2n) is 4.35. The summed E-state index contributed by atoms with van der Waals surface area (Å²) in [5.74, 6) is 0. The summed E-state index contributed by atoms with van der Waals surface area (Å²) < 4.78 is 24.6. The van der Waals surface area contributed by atoms with Gasteiger partial charge in [-0.1, -0.05) is 41.5 Å². The summed E-state index contributed by atoms with van der Waals surface area (Å²) in [6.07, 6.45) is 0. The minimum absolute atomic E-state index is 0.314. The summed E-state index contributed by atoms with van der Waals surface area (Å²) >= 11 is 0. The summed E-state index contributed by atoms with van der Waals surface area (Å²) in [6.45, 7) is 18.8. The van der Waals surface area contributed by atoms with E-state index in [9.17, 15) is 0 Å². The van der Waals surface area contributed by atoms with Gasteiger partial charge in [0.1, 0.15) is 0 Å². The number of hydrogen-bond acceptors (Lipinski definition) is 6. The molecule has 0 N–H and O–H groups in total. The first-order valence-electron chi connectivity index (χ1n) is 8.04. The standard InChI is InChI=1S/C12H30N3O3Si4/c1-7-13(8-2)19-16-22(17-20-14(9-3)10-4)18-21-15(11-5)12-6/h7-12H2,1-6H3. The van der Waals surface area contributed by atoms with E-state index in [1.807, 2.05) is 0 Å². The van der Waals surface area contributed by atoms with Crippen molar-refractivity contribution < 1.29 is 12.3 Å². The highest BCUT2D eigenvalue weighted by atomic mass is 28.4. The van der Waals surface area contributed by atoms with Crippen LogP contribution >= 0.6 is 0 Å². The average Bonchev–Trinajstić information content (AvgIpc) is 2.56. The van der Waals surface area contributed by atoms with Crippen molar-refractivity contribution in [3.05, 3.63) is 0 Å². The Bertz CT molecular complexity index is 208. The number of hydrogen-bond donors (Lipinski definition) is 0. The minimum Gasteiger partial charge on any atom is -0.400 e. The summed E-state index contributed by atoms with van der Waals surface area (Å²) in [4.78, 5) is 0. The Morgan fingerprint density at radius 1 is 0.545 bits per heavy atom. The Morgan fingerprint density at radius 2 is 0.773 bits per heavy atom. The van der Waals surface area contributed by atoms with Crippen LogP contribution in [0.25, 0.3) is 0 Å². The molecule has 7 radical (unpaired) electrons. The molecule has 0 saturated carbocycles. The third-order valence-corrected chi connectivity index (χ3v) is 8.83. The lowest BCUT2D eigenvalue weighted by molar-refractivity contribution is 0.274. The van der Waals surface area contributed by atoms with Gasteiger partial charge in [-0.2, -0.15) is 0 Å². The van der Waals surface area contributed by atoms with Gasteiger partial charge in [0.2, 0.25) is 0 Å². The maximum absolute atomic E-state index is 5.94. The zero-order chi connectivity index (χ0) is 16.8. The summed E-state index contributed by atoms with van der Waals surface area (Å²) in [7, 11) is -0.736. The van der Waals surface area contributed by atoms with Crippen molar-refractivity contribution >= 4 is 39.3 Å². The first-order chi connectivity index (χ1) is 10.6. The van der Waals surface area contributed by atoms with Gasteiger partial charge in [0, 0.05) is 0 Å². The Labute approximate surface area is 146 Å². The smallest absolute Gasteiger partial charge is 0.400 e. The number of nitrogens with zero attached hydrogens (tertiary/aromatic N) is 3. The lowest BCUT2D eigenvalue weighted by atomic mass is 10.7. The Hall–Kier alpha value is 0.628. The van der Waals surface area contributed by atoms with Crippen molar-refractivity contribution in [2.75, 3.05) is 39.3 Å². The van der Waals surface area contributed by atoms with Crippen LogP contribution in [0.1, 0.15) is 41.5 Å². The highest BCUT2D eigenvalue weighted by Crippen LogP contribution is 1.97. The first-order valence-corrected chi connectivity index (χ1v) is 11.8.